The van der Waals surface area contributed by atoms with E-state index >= 15 is 0 Å². The lowest BCUT2D eigenvalue weighted by Crippen LogP contribution is -2.64. The zero-order chi connectivity index (χ0) is 22.5. The van der Waals surface area contributed by atoms with Crippen LogP contribution in [0.25, 0.3) is 0 Å². The monoisotopic (exact) mass is 442 g/mol. The Balaban J connectivity index is 1.57. The first kappa shape index (κ1) is 22.4. The van der Waals surface area contributed by atoms with Crippen molar-refractivity contribution in [3.05, 3.63) is 71.8 Å². The average molecular weight is 442 g/mol. The molecule has 0 N–H and O–H groups in total. The third kappa shape index (κ3) is 5.34. The number of fused-ring (bicyclic) bond motifs is 1. The van der Waals surface area contributed by atoms with Crippen LogP contribution in [0.5, 0.6) is 0 Å². The first-order chi connectivity index (χ1) is 15.5. The van der Waals surface area contributed by atoms with Crippen molar-refractivity contribution in [2.24, 2.45) is 0 Å². The molecule has 32 heavy (non-hydrogen) atoms. The molecule has 2 aliphatic heterocycles. The third-order valence-electron chi connectivity index (χ3n) is 5.22. The van der Waals surface area contributed by atoms with Crippen molar-refractivity contribution in [2.45, 2.75) is 57.5 Å². The molecule has 0 saturated carbocycles. The minimum Gasteiger partial charge on any atom is -0.455 e. The normalized spacial score (nSPS) is 29.6. The van der Waals surface area contributed by atoms with Crippen LogP contribution in [0, 0.1) is 0 Å². The Kier molecular flexibility index (Phi) is 7.16. The van der Waals surface area contributed by atoms with Crippen LogP contribution in [0.1, 0.15) is 31.3 Å². The van der Waals surface area contributed by atoms with Gasteiger partial charge < -0.3 is 28.4 Å². The van der Waals surface area contributed by atoms with Gasteiger partial charge in [0.25, 0.3) is 0 Å². The zero-order valence-electron chi connectivity index (χ0n) is 17.9. The van der Waals surface area contributed by atoms with Gasteiger partial charge in [0.05, 0.1) is 13.2 Å². The molecule has 4 rings (SSSR count). The van der Waals surface area contributed by atoms with E-state index in [9.17, 15) is 9.59 Å². The molecule has 0 amide bonds. The molecule has 8 nitrogen and oxygen atoms in total. The van der Waals surface area contributed by atoms with Crippen molar-refractivity contribution in [3.63, 3.8) is 0 Å². The van der Waals surface area contributed by atoms with Gasteiger partial charge in [0.1, 0.15) is 12.2 Å². The van der Waals surface area contributed by atoms with Crippen LogP contribution in [0.2, 0.25) is 0 Å². The third-order valence-corrected chi connectivity index (χ3v) is 5.22. The fourth-order valence-electron chi connectivity index (χ4n) is 3.86. The van der Waals surface area contributed by atoms with E-state index in [1.165, 1.54) is 13.8 Å². The Morgan fingerprint density at radius 1 is 0.875 bits per heavy atom. The van der Waals surface area contributed by atoms with E-state index in [2.05, 4.69) is 0 Å². The number of carbonyl (C=O) groups excluding carboxylic acids is 2. The molecule has 2 heterocycles. The van der Waals surface area contributed by atoms with Gasteiger partial charge in [0.15, 0.2) is 24.8 Å². The van der Waals surface area contributed by atoms with Crippen molar-refractivity contribution < 1.29 is 38.0 Å². The van der Waals surface area contributed by atoms with E-state index in [4.69, 9.17) is 28.4 Å². The van der Waals surface area contributed by atoms with Crippen LogP contribution in [0.3, 0.4) is 0 Å². The molecule has 0 radical (unpaired) electrons. The SMILES string of the molecule is CC(=O)O[C@@H]1[C@@H](OC(C)=O)[C@@H](OCc2ccccc2)O[C@@H]2CO[C@H](c3ccccc3)O[C@@H]12. The molecule has 0 bridgehead atoms. The van der Waals surface area contributed by atoms with Crippen LogP contribution in [0.15, 0.2) is 60.7 Å². The summed E-state index contributed by atoms with van der Waals surface area (Å²) in [7, 11) is 0. The number of carbonyl (C=O) groups is 2. The molecule has 2 aromatic carbocycles. The van der Waals surface area contributed by atoms with Crippen LogP contribution in [0.4, 0.5) is 0 Å². The molecule has 8 heteroatoms. The van der Waals surface area contributed by atoms with Gasteiger partial charge in [-0.3, -0.25) is 9.59 Å². The molecule has 2 saturated heterocycles. The summed E-state index contributed by atoms with van der Waals surface area (Å²) in [4.78, 5) is 23.8. The molecular formula is C24H26O8. The standard InChI is InChI=1S/C24H26O8/c1-15(25)29-21-20-19(14-28-23(32-20)18-11-7-4-8-12-18)31-24(22(21)30-16(2)26)27-13-17-9-5-3-6-10-17/h3-12,19-24H,13-14H2,1-2H3/t19-,20-,21+,22-,23+,24+/m1/s1. The summed E-state index contributed by atoms with van der Waals surface area (Å²) in [5.41, 5.74) is 1.74. The fourth-order valence-corrected chi connectivity index (χ4v) is 3.86. The van der Waals surface area contributed by atoms with Crippen LogP contribution in [-0.2, 0) is 44.6 Å². The lowest BCUT2D eigenvalue weighted by molar-refractivity contribution is -0.363. The molecule has 0 unspecified atom stereocenters. The average Bonchev–Trinajstić information content (AvgIpc) is 2.80. The molecule has 2 aliphatic rings. The van der Waals surface area contributed by atoms with E-state index in [1.807, 2.05) is 60.7 Å². The van der Waals surface area contributed by atoms with E-state index in [-0.39, 0.29) is 13.2 Å². The largest absolute Gasteiger partial charge is 0.455 e. The Labute approximate surface area is 186 Å². The van der Waals surface area contributed by atoms with Gasteiger partial charge in [-0.05, 0) is 5.56 Å². The maximum absolute atomic E-state index is 11.9. The predicted molar refractivity (Wildman–Crippen MR) is 111 cm³/mol. The zero-order valence-corrected chi connectivity index (χ0v) is 17.9. The molecule has 0 spiro atoms. The van der Waals surface area contributed by atoms with Crippen LogP contribution in [-0.4, -0.2) is 49.3 Å². The smallest absolute Gasteiger partial charge is 0.303 e. The maximum atomic E-state index is 11.9. The highest BCUT2D eigenvalue weighted by Crippen LogP contribution is 2.37. The molecular weight excluding hydrogens is 416 g/mol. The lowest BCUT2D eigenvalue weighted by atomic mass is 9.97. The van der Waals surface area contributed by atoms with E-state index < -0.39 is 48.9 Å². The molecule has 2 aromatic rings. The summed E-state index contributed by atoms with van der Waals surface area (Å²) in [5.74, 6) is -1.07. The number of hydrogen-bond acceptors (Lipinski definition) is 8. The van der Waals surface area contributed by atoms with Crippen molar-refractivity contribution in [2.75, 3.05) is 6.61 Å². The maximum Gasteiger partial charge on any atom is 0.303 e. The number of benzene rings is 2. The Morgan fingerprint density at radius 3 is 2.16 bits per heavy atom. The highest BCUT2D eigenvalue weighted by Gasteiger charge is 2.53. The van der Waals surface area contributed by atoms with Gasteiger partial charge in [-0.2, -0.15) is 0 Å². The predicted octanol–water partition coefficient (Wildman–Crippen LogP) is 2.91. The summed E-state index contributed by atoms with van der Waals surface area (Å²) in [6, 6.07) is 18.9. The van der Waals surface area contributed by atoms with Gasteiger partial charge >= 0.3 is 11.9 Å². The van der Waals surface area contributed by atoms with E-state index in [0.717, 1.165) is 11.1 Å². The van der Waals surface area contributed by atoms with E-state index in [0.29, 0.717) is 0 Å². The van der Waals surface area contributed by atoms with Gasteiger partial charge in [-0.25, -0.2) is 0 Å². The van der Waals surface area contributed by atoms with E-state index in [1.54, 1.807) is 0 Å². The van der Waals surface area contributed by atoms with Gasteiger partial charge in [0.2, 0.25) is 0 Å². The first-order valence-corrected chi connectivity index (χ1v) is 10.5. The van der Waals surface area contributed by atoms with Crippen molar-refractivity contribution in [3.8, 4) is 0 Å². The van der Waals surface area contributed by atoms with Crippen molar-refractivity contribution in [1.29, 1.82) is 0 Å². The lowest BCUT2D eigenvalue weighted by Gasteiger charge is -2.48. The highest BCUT2D eigenvalue weighted by molar-refractivity contribution is 5.67. The topological polar surface area (TPSA) is 89.5 Å². The summed E-state index contributed by atoms with van der Waals surface area (Å²) < 4.78 is 35.1. The van der Waals surface area contributed by atoms with Crippen LogP contribution >= 0.6 is 0 Å². The Morgan fingerprint density at radius 2 is 1.50 bits per heavy atom. The molecule has 6 atom stereocenters. The van der Waals surface area contributed by atoms with Crippen molar-refractivity contribution >= 4 is 11.9 Å². The number of rotatable bonds is 6. The summed E-state index contributed by atoms with van der Waals surface area (Å²) in [6.45, 7) is 2.99. The number of ether oxygens (including phenoxy) is 6. The molecule has 170 valence electrons. The second-order valence-electron chi connectivity index (χ2n) is 7.66. The Hall–Kier alpha value is -2.78. The summed E-state index contributed by atoms with van der Waals surface area (Å²) in [6.07, 6.45) is -4.85. The van der Waals surface area contributed by atoms with Crippen molar-refractivity contribution in [1.82, 2.24) is 0 Å². The molecule has 2 fully saturated rings. The number of hydrogen-bond donors (Lipinski definition) is 0. The van der Waals surface area contributed by atoms with Gasteiger partial charge in [-0.15, -0.1) is 0 Å². The molecule has 0 aliphatic carbocycles. The van der Waals surface area contributed by atoms with Gasteiger partial charge in [-0.1, -0.05) is 60.7 Å². The summed E-state index contributed by atoms with van der Waals surface area (Å²) in [5, 5.41) is 0. The fraction of sp³-hybridized carbons (Fsp3) is 0.417. The second-order valence-corrected chi connectivity index (χ2v) is 7.66. The molecule has 0 aromatic heterocycles. The van der Waals surface area contributed by atoms with Gasteiger partial charge in [0, 0.05) is 19.4 Å². The Bertz CT molecular complexity index is 903. The quantitative estimate of drug-likeness (QED) is 0.631. The number of esters is 2. The van der Waals surface area contributed by atoms with Crippen LogP contribution < -0.4 is 0 Å². The highest BCUT2D eigenvalue weighted by atomic mass is 16.8. The first-order valence-electron chi connectivity index (χ1n) is 10.5. The minimum atomic E-state index is -1.00. The summed E-state index contributed by atoms with van der Waals surface area (Å²) >= 11 is 0. The second kappa shape index (κ2) is 10.2. The minimum absolute atomic E-state index is 0.194.